The monoisotopic (exact) mass is 202 g/mol. The van der Waals surface area contributed by atoms with E-state index in [1.165, 1.54) is 5.56 Å². The molecule has 0 radical (unpaired) electrons. The van der Waals surface area contributed by atoms with Crippen LogP contribution in [0.15, 0.2) is 30.5 Å². The van der Waals surface area contributed by atoms with Crippen molar-refractivity contribution < 1.29 is 5.11 Å². The molecule has 15 heavy (non-hydrogen) atoms. The van der Waals surface area contributed by atoms with Crippen LogP contribution in [0.5, 0.6) is 0 Å². The molecule has 0 bridgehead atoms. The lowest BCUT2D eigenvalue weighted by Gasteiger charge is -2.00. The van der Waals surface area contributed by atoms with Crippen LogP contribution in [-0.4, -0.2) is 14.9 Å². The molecule has 2 rings (SSSR count). The van der Waals surface area contributed by atoms with Gasteiger partial charge in [0.05, 0.1) is 18.0 Å². The zero-order chi connectivity index (χ0) is 10.8. The average molecular weight is 202 g/mol. The van der Waals surface area contributed by atoms with E-state index in [0.717, 1.165) is 16.9 Å². The third-order valence-corrected chi connectivity index (χ3v) is 2.45. The summed E-state index contributed by atoms with van der Waals surface area (Å²) in [6.07, 6.45) is 1.93. The van der Waals surface area contributed by atoms with Gasteiger partial charge in [0, 0.05) is 6.20 Å². The van der Waals surface area contributed by atoms with E-state index in [1.807, 2.05) is 37.4 Å². The first kappa shape index (κ1) is 9.93. The fourth-order valence-corrected chi connectivity index (χ4v) is 1.48. The van der Waals surface area contributed by atoms with Gasteiger partial charge in [0.25, 0.3) is 0 Å². The Balaban J connectivity index is 2.41. The summed E-state index contributed by atoms with van der Waals surface area (Å²) >= 11 is 0. The molecule has 0 amide bonds. The maximum atomic E-state index is 9.05. The predicted molar refractivity (Wildman–Crippen MR) is 59.0 cm³/mol. The van der Waals surface area contributed by atoms with Gasteiger partial charge in [-0.2, -0.15) is 5.10 Å². The molecule has 3 heteroatoms. The minimum Gasteiger partial charge on any atom is -0.390 e. The summed E-state index contributed by atoms with van der Waals surface area (Å²) in [6, 6.07) is 8.13. The quantitative estimate of drug-likeness (QED) is 0.808. The van der Waals surface area contributed by atoms with Gasteiger partial charge in [-0.1, -0.05) is 17.7 Å². The highest BCUT2D eigenvalue weighted by molar-refractivity contribution is 5.34. The normalized spacial score (nSPS) is 10.6. The van der Waals surface area contributed by atoms with Crippen LogP contribution in [-0.2, 0) is 6.61 Å². The first-order chi connectivity index (χ1) is 7.20. The second-order valence-electron chi connectivity index (χ2n) is 3.70. The van der Waals surface area contributed by atoms with Crippen molar-refractivity contribution in [1.29, 1.82) is 0 Å². The number of hydrogen-bond donors (Lipinski definition) is 1. The molecule has 3 nitrogen and oxygen atoms in total. The van der Waals surface area contributed by atoms with E-state index in [-0.39, 0.29) is 6.61 Å². The summed E-state index contributed by atoms with van der Waals surface area (Å²) in [5, 5.41) is 13.3. The summed E-state index contributed by atoms with van der Waals surface area (Å²) in [7, 11) is 0. The van der Waals surface area contributed by atoms with Crippen LogP contribution in [0.4, 0.5) is 0 Å². The Morgan fingerprint density at radius 3 is 2.40 bits per heavy atom. The third-order valence-electron chi connectivity index (χ3n) is 2.45. The van der Waals surface area contributed by atoms with Crippen molar-refractivity contribution in [2.45, 2.75) is 20.5 Å². The molecule has 2 aromatic rings. The van der Waals surface area contributed by atoms with Crippen LogP contribution in [0.1, 0.15) is 16.8 Å². The van der Waals surface area contributed by atoms with Crippen LogP contribution < -0.4 is 0 Å². The molecule has 0 aliphatic carbocycles. The van der Waals surface area contributed by atoms with E-state index in [2.05, 4.69) is 12.0 Å². The maximum Gasteiger partial charge on any atom is 0.0912 e. The van der Waals surface area contributed by atoms with E-state index in [4.69, 9.17) is 5.11 Å². The molecular formula is C12H14N2O. The van der Waals surface area contributed by atoms with Gasteiger partial charge in [0.1, 0.15) is 0 Å². The number of aliphatic hydroxyl groups excluding tert-OH is 1. The zero-order valence-corrected chi connectivity index (χ0v) is 8.94. The van der Waals surface area contributed by atoms with Crippen LogP contribution >= 0.6 is 0 Å². The molecule has 0 saturated heterocycles. The summed E-state index contributed by atoms with van der Waals surface area (Å²) in [6.45, 7) is 3.99. The van der Waals surface area contributed by atoms with Crippen molar-refractivity contribution in [2.24, 2.45) is 0 Å². The fraction of sp³-hybridized carbons (Fsp3) is 0.250. The van der Waals surface area contributed by atoms with Gasteiger partial charge in [-0.05, 0) is 31.5 Å². The molecule has 0 aliphatic heterocycles. The topological polar surface area (TPSA) is 38.0 Å². The number of rotatable bonds is 2. The average Bonchev–Trinajstić information content (AvgIpc) is 2.61. The highest BCUT2D eigenvalue weighted by Crippen LogP contribution is 2.12. The lowest BCUT2D eigenvalue weighted by molar-refractivity contribution is 0.275. The number of benzene rings is 1. The second kappa shape index (κ2) is 3.87. The highest BCUT2D eigenvalue weighted by atomic mass is 16.3. The smallest absolute Gasteiger partial charge is 0.0912 e. The first-order valence-corrected chi connectivity index (χ1v) is 4.94. The Morgan fingerprint density at radius 2 is 1.87 bits per heavy atom. The van der Waals surface area contributed by atoms with Gasteiger partial charge in [0.15, 0.2) is 0 Å². The molecule has 1 aromatic heterocycles. The molecule has 1 heterocycles. The zero-order valence-electron chi connectivity index (χ0n) is 8.94. The maximum absolute atomic E-state index is 9.05. The Kier molecular flexibility index (Phi) is 2.56. The first-order valence-electron chi connectivity index (χ1n) is 4.94. The van der Waals surface area contributed by atoms with Gasteiger partial charge in [-0.3, -0.25) is 0 Å². The van der Waals surface area contributed by atoms with E-state index in [9.17, 15) is 0 Å². The summed E-state index contributed by atoms with van der Waals surface area (Å²) < 4.78 is 1.79. The number of aryl methyl sites for hydroxylation is 2. The molecular weight excluding hydrogens is 188 g/mol. The molecule has 0 spiro atoms. The van der Waals surface area contributed by atoms with Gasteiger partial charge in [0.2, 0.25) is 0 Å². The Bertz CT molecular complexity index is 457. The lowest BCUT2D eigenvalue weighted by atomic mass is 10.2. The third kappa shape index (κ3) is 1.92. The number of nitrogens with zero attached hydrogens (tertiary/aromatic N) is 2. The standard InChI is InChI=1S/C12H14N2O/c1-9-3-5-11(6-4-9)14-7-10(2)12(8-15)13-14/h3-7,15H,8H2,1-2H3. The summed E-state index contributed by atoms with van der Waals surface area (Å²) in [4.78, 5) is 0. The largest absolute Gasteiger partial charge is 0.390 e. The van der Waals surface area contributed by atoms with Crippen LogP contribution in [0.3, 0.4) is 0 Å². The van der Waals surface area contributed by atoms with Crippen molar-refractivity contribution in [2.75, 3.05) is 0 Å². The molecule has 0 saturated carbocycles. The van der Waals surface area contributed by atoms with E-state index in [0.29, 0.717) is 0 Å². The van der Waals surface area contributed by atoms with Crippen LogP contribution in [0.25, 0.3) is 5.69 Å². The second-order valence-corrected chi connectivity index (χ2v) is 3.70. The molecule has 0 aliphatic rings. The van der Waals surface area contributed by atoms with E-state index in [1.54, 1.807) is 4.68 Å². The Hall–Kier alpha value is -1.61. The highest BCUT2D eigenvalue weighted by Gasteiger charge is 2.04. The van der Waals surface area contributed by atoms with Crippen molar-refractivity contribution in [3.8, 4) is 5.69 Å². The number of aliphatic hydroxyl groups is 1. The minimum absolute atomic E-state index is 0.00923. The minimum atomic E-state index is -0.00923. The Morgan fingerprint density at radius 1 is 1.20 bits per heavy atom. The van der Waals surface area contributed by atoms with Gasteiger partial charge in [-0.25, -0.2) is 4.68 Å². The Labute approximate surface area is 89.0 Å². The fourth-order valence-electron chi connectivity index (χ4n) is 1.48. The lowest BCUT2D eigenvalue weighted by Crippen LogP contribution is -1.95. The predicted octanol–water partition coefficient (Wildman–Crippen LogP) is 1.98. The van der Waals surface area contributed by atoms with Gasteiger partial charge in [-0.15, -0.1) is 0 Å². The molecule has 0 fully saturated rings. The summed E-state index contributed by atoms with van der Waals surface area (Å²) in [5.74, 6) is 0. The number of hydrogen-bond acceptors (Lipinski definition) is 2. The molecule has 1 N–H and O–H groups in total. The van der Waals surface area contributed by atoms with Crippen LogP contribution in [0, 0.1) is 13.8 Å². The van der Waals surface area contributed by atoms with Crippen molar-refractivity contribution >= 4 is 0 Å². The number of aromatic nitrogens is 2. The van der Waals surface area contributed by atoms with Gasteiger partial charge < -0.3 is 5.11 Å². The van der Waals surface area contributed by atoms with E-state index >= 15 is 0 Å². The summed E-state index contributed by atoms with van der Waals surface area (Å²) in [5.41, 5.74) is 3.99. The molecule has 0 unspecified atom stereocenters. The molecule has 0 atom stereocenters. The van der Waals surface area contributed by atoms with Crippen molar-refractivity contribution in [1.82, 2.24) is 9.78 Å². The van der Waals surface area contributed by atoms with Crippen molar-refractivity contribution in [3.63, 3.8) is 0 Å². The van der Waals surface area contributed by atoms with Crippen molar-refractivity contribution in [3.05, 3.63) is 47.3 Å². The van der Waals surface area contributed by atoms with Crippen LogP contribution in [0.2, 0.25) is 0 Å². The SMILES string of the molecule is Cc1ccc(-n2cc(C)c(CO)n2)cc1. The van der Waals surface area contributed by atoms with Gasteiger partial charge >= 0.3 is 0 Å². The molecule has 78 valence electrons. The molecule has 1 aromatic carbocycles. The van der Waals surface area contributed by atoms with E-state index < -0.39 is 0 Å².